The molecule has 3 fully saturated rings. The van der Waals surface area contributed by atoms with E-state index < -0.39 is 71.1 Å². The van der Waals surface area contributed by atoms with Crippen molar-refractivity contribution in [1.29, 1.82) is 0 Å². The number of carbonyl (C=O) groups excluding carboxylic acids is 4. The standard InChI is InChI=1S/C28H30N2O10/c31-11-12-40-15-3-1-14(2-4-15)22-16-5-6-17-23(27(38)29(25(17)36)9-7-20(32)33)18(16)13-19-24(22)28(39)30(26(19)37)10-8-21(34)35/h1-5,17-19,22-24,31H,6-13H2,(H,32,33)(H,34,35)/t17-,18+,19+,22-,23-,24+/m0/s1. The zero-order valence-corrected chi connectivity index (χ0v) is 21.6. The van der Waals surface area contributed by atoms with Crippen molar-refractivity contribution in [2.24, 2.45) is 29.6 Å². The van der Waals surface area contributed by atoms with Gasteiger partial charge in [0.05, 0.1) is 43.1 Å². The predicted octanol–water partition coefficient (Wildman–Crippen LogP) is 0.643. The minimum absolute atomic E-state index is 0.101. The molecule has 0 radical (unpaired) electrons. The van der Waals surface area contributed by atoms with Crippen LogP contribution in [0.3, 0.4) is 0 Å². The molecule has 4 amide bonds. The lowest BCUT2D eigenvalue weighted by atomic mass is 9.57. The van der Waals surface area contributed by atoms with Crippen molar-refractivity contribution in [3.05, 3.63) is 41.5 Å². The van der Waals surface area contributed by atoms with Crippen LogP contribution < -0.4 is 4.74 Å². The number of aliphatic hydroxyl groups is 1. The number of hydrogen-bond donors (Lipinski definition) is 3. The number of nitrogens with zero attached hydrogens (tertiary/aromatic N) is 2. The van der Waals surface area contributed by atoms with Gasteiger partial charge in [-0.25, -0.2) is 0 Å². The first-order valence-electron chi connectivity index (χ1n) is 13.3. The number of carbonyl (C=O) groups is 6. The lowest BCUT2D eigenvalue weighted by molar-refractivity contribution is -0.145. The average molecular weight is 555 g/mol. The van der Waals surface area contributed by atoms with E-state index in [2.05, 4.69) is 0 Å². The molecule has 3 N–H and O–H groups in total. The van der Waals surface area contributed by atoms with Crippen LogP contribution in [0.2, 0.25) is 0 Å². The fourth-order valence-electron chi connectivity index (χ4n) is 6.88. The largest absolute Gasteiger partial charge is 0.491 e. The highest BCUT2D eigenvalue weighted by molar-refractivity contribution is 6.08. The third-order valence-electron chi connectivity index (χ3n) is 8.53. The molecule has 40 heavy (non-hydrogen) atoms. The molecule has 12 heteroatoms. The maximum absolute atomic E-state index is 13.6. The Bertz CT molecular complexity index is 1290. The van der Waals surface area contributed by atoms with Crippen LogP contribution >= 0.6 is 0 Å². The molecular formula is C28H30N2O10. The molecule has 2 heterocycles. The van der Waals surface area contributed by atoms with Crippen molar-refractivity contribution in [1.82, 2.24) is 9.80 Å². The summed E-state index contributed by atoms with van der Waals surface area (Å²) >= 11 is 0. The molecule has 2 aliphatic carbocycles. The summed E-state index contributed by atoms with van der Waals surface area (Å²) in [6.07, 6.45) is 1.53. The van der Waals surface area contributed by atoms with E-state index in [1.165, 1.54) is 0 Å². The first-order chi connectivity index (χ1) is 19.1. The minimum atomic E-state index is -1.14. The van der Waals surface area contributed by atoms with E-state index >= 15 is 0 Å². The lowest BCUT2D eigenvalue weighted by Gasteiger charge is -2.44. The lowest BCUT2D eigenvalue weighted by Crippen LogP contribution is -2.43. The summed E-state index contributed by atoms with van der Waals surface area (Å²) in [5.74, 6) is -7.72. The maximum Gasteiger partial charge on any atom is 0.305 e. The molecule has 1 aromatic rings. The fraction of sp³-hybridized carbons (Fsp3) is 0.500. The third-order valence-corrected chi connectivity index (χ3v) is 8.53. The van der Waals surface area contributed by atoms with Crippen molar-refractivity contribution >= 4 is 35.6 Å². The van der Waals surface area contributed by atoms with Gasteiger partial charge >= 0.3 is 11.9 Å². The van der Waals surface area contributed by atoms with Gasteiger partial charge < -0.3 is 20.1 Å². The van der Waals surface area contributed by atoms with E-state index in [1.807, 2.05) is 6.08 Å². The van der Waals surface area contributed by atoms with Crippen molar-refractivity contribution in [3.8, 4) is 5.75 Å². The monoisotopic (exact) mass is 554 g/mol. The number of aliphatic hydroxyl groups excluding tert-OH is 1. The normalized spacial score (nSPS) is 29.2. The summed E-state index contributed by atoms with van der Waals surface area (Å²) in [7, 11) is 0. The molecule has 12 nitrogen and oxygen atoms in total. The van der Waals surface area contributed by atoms with Gasteiger partial charge in [-0.15, -0.1) is 0 Å². The van der Waals surface area contributed by atoms with E-state index in [9.17, 15) is 28.8 Å². The summed E-state index contributed by atoms with van der Waals surface area (Å²) < 4.78 is 5.46. The molecule has 2 aliphatic heterocycles. The number of aliphatic carboxylic acids is 2. The van der Waals surface area contributed by atoms with Crippen molar-refractivity contribution in [3.63, 3.8) is 0 Å². The molecule has 0 bridgehead atoms. The Morgan fingerprint density at radius 2 is 1.38 bits per heavy atom. The van der Waals surface area contributed by atoms with Gasteiger partial charge in [-0.2, -0.15) is 0 Å². The van der Waals surface area contributed by atoms with E-state index in [-0.39, 0.29) is 52.0 Å². The van der Waals surface area contributed by atoms with Crippen LogP contribution in [-0.2, 0) is 28.8 Å². The number of allylic oxidation sites excluding steroid dienone is 2. The average Bonchev–Trinajstić information content (AvgIpc) is 3.32. The van der Waals surface area contributed by atoms with Gasteiger partial charge in [0.2, 0.25) is 23.6 Å². The number of amides is 4. The van der Waals surface area contributed by atoms with Gasteiger partial charge in [0.25, 0.3) is 0 Å². The Kier molecular flexibility index (Phi) is 7.45. The molecule has 212 valence electrons. The van der Waals surface area contributed by atoms with Gasteiger partial charge in [-0.3, -0.25) is 38.6 Å². The van der Waals surface area contributed by atoms with E-state index in [4.69, 9.17) is 20.1 Å². The number of rotatable bonds is 10. The summed E-state index contributed by atoms with van der Waals surface area (Å²) in [6, 6.07) is 6.92. The van der Waals surface area contributed by atoms with Crippen LogP contribution in [-0.4, -0.2) is 87.0 Å². The Hall–Kier alpha value is -4.06. The molecule has 5 rings (SSSR count). The molecule has 1 saturated carbocycles. The van der Waals surface area contributed by atoms with Gasteiger partial charge in [-0.1, -0.05) is 23.8 Å². The molecule has 0 aromatic heterocycles. The number of ether oxygens (including phenoxy) is 1. The van der Waals surface area contributed by atoms with E-state index in [1.54, 1.807) is 24.3 Å². The number of benzene rings is 1. The van der Waals surface area contributed by atoms with Crippen molar-refractivity contribution < 1.29 is 48.8 Å². The second kappa shape index (κ2) is 10.8. The summed E-state index contributed by atoms with van der Waals surface area (Å²) in [5.41, 5.74) is 1.50. The Morgan fingerprint density at radius 3 is 1.95 bits per heavy atom. The van der Waals surface area contributed by atoms with Crippen LogP contribution in [0, 0.1) is 29.6 Å². The Labute approximate surface area is 229 Å². The SMILES string of the molecule is O=C(O)CCN1C(=O)[C@H]2[C@H](CC=C3[C@H]2C[C@H]2C(=O)N(CCC(=O)O)C(=O)[C@H]2[C@H]3c2ccc(OCCO)cc2)C1=O. The number of likely N-dealkylation sites (tertiary alicyclic amines) is 2. The summed E-state index contributed by atoms with van der Waals surface area (Å²) in [5, 5.41) is 27.3. The number of carboxylic acids is 2. The molecule has 0 unspecified atom stereocenters. The molecule has 4 aliphatic rings. The van der Waals surface area contributed by atoms with Crippen molar-refractivity contribution in [2.75, 3.05) is 26.3 Å². The predicted molar refractivity (Wildman–Crippen MR) is 134 cm³/mol. The van der Waals surface area contributed by atoms with Crippen LogP contribution in [0.1, 0.15) is 37.2 Å². The molecular weight excluding hydrogens is 524 g/mol. The highest BCUT2D eigenvalue weighted by Crippen LogP contribution is 2.57. The zero-order valence-electron chi connectivity index (χ0n) is 21.6. The van der Waals surface area contributed by atoms with Crippen LogP contribution in [0.5, 0.6) is 5.75 Å². The fourth-order valence-corrected chi connectivity index (χ4v) is 6.88. The molecule has 6 atom stereocenters. The number of hydrogen-bond acceptors (Lipinski definition) is 8. The van der Waals surface area contributed by atoms with Gasteiger partial charge in [0.15, 0.2) is 0 Å². The minimum Gasteiger partial charge on any atom is -0.491 e. The molecule has 0 spiro atoms. The summed E-state index contributed by atoms with van der Waals surface area (Å²) in [6.45, 7) is -0.544. The van der Waals surface area contributed by atoms with E-state index in [0.717, 1.165) is 15.4 Å². The second-order valence-electron chi connectivity index (χ2n) is 10.6. The van der Waals surface area contributed by atoms with Crippen LogP contribution in [0.25, 0.3) is 0 Å². The highest BCUT2D eigenvalue weighted by Gasteiger charge is 2.61. The number of imide groups is 2. The first kappa shape index (κ1) is 27.5. The van der Waals surface area contributed by atoms with Crippen LogP contribution in [0.15, 0.2) is 35.9 Å². The third kappa shape index (κ3) is 4.66. The summed E-state index contributed by atoms with van der Waals surface area (Å²) in [4.78, 5) is 78.1. The van der Waals surface area contributed by atoms with Crippen LogP contribution in [0.4, 0.5) is 0 Å². The molecule has 2 saturated heterocycles. The number of fused-ring (bicyclic) bond motifs is 4. The quantitative estimate of drug-likeness (QED) is 0.275. The van der Waals surface area contributed by atoms with Gasteiger partial charge in [0.1, 0.15) is 12.4 Å². The zero-order chi connectivity index (χ0) is 28.7. The van der Waals surface area contributed by atoms with Gasteiger partial charge in [-0.05, 0) is 36.5 Å². The van der Waals surface area contributed by atoms with Gasteiger partial charge in [0, 0.05) is 19.0 Å². The molecule has 1 aromatic carbocycles. The van der Waals surface area contributed by atoms with E-state index in [0.29, 0.717) is 11.3 Å². The first-order valence-corrected chi connectivity index (χ1v) is 13.3. The number of carboxylic acid groups (broad SMARTS) is 2. The topological polar surface area (TPSA) is 179 Å². The Morgan fingerprint density at radius 1 is 0.800 bits per heavy atom. The smallest absolute Gasteiger partial charge is 0.305 e. The second-order valence-corrected chi connectivity index (χ2v) is 10.6. The van der Waals surface area contributed by atoms with Crippen molar-refractivity contribution in [2.45, 2.75) is 31.6 Å². The highest BCUT2D eigenvalue weighted by atomic mass is 16.5. The Balaban J connectivity index is 1.52. The maximum atomic E-state index is 13.6.